The first kappa shape index (κ1) is 30.8. The second-order valence-electron chi connectivity index (χ2n) is 10.4. The molecule has 7 N–H and O–H groups in total. The van der Waals surface area contributed by atoms with E-state index in [9.17, 15) is 41.1 Å². The summed E-state index contributed by atoms with van der Waals surface area (Å²) in [6.07, 6.45) is 0.764. The molecular formula is C26H28ClF3N4O6S. The van der Waals surface area contributed by atoms with E-state index in [-0.39, 0.29) is 47.0 Å². The van der Waals surface area contributed by atoms with Crippen molar-refractivity contribution in [3.8, 4) is 0 Å². The summed E-state index contributed by atoms with van der Waals surface area (Å²) in [6.45, 7) is -0.179. The van der Waals surface area contributed by atoms with Crippen molar-refractivity contribution in [1.82, 2.24) is 5.32 Å². The number of nitrogens with one attached hydrogen (secondary N) is 2. The summed E-state index contributed by atoms with van der Waals surface area (Å²) in [4.78, 5) is 35.7. The predicted molar refractivity (Wildman–Crippen MR) is 142 cm³/mol. The zero-order valence-corrected chi connectivity index (χ0v) is 23.1. The fourth-order valence-corrected chi connectivity index (χ4v) is 8.10. The molecule has 0 heterocycles. The number of amides is 3. The van der Waals surface area contributed by atoms with Gasteiger partial charge >= 0.3 is 0 Å². The Morgan fingerprint density at radius 2 is 1.66 bits per heavy atom. The maximum atomic E-state index is 13.7. The number of carbonyl (C=O) groups excluding carboxylic acids is 3. The molecule has 3 unspecified atom stereocenters. The molecule has 4 rings (SSSR count). The number of halogens is 4. The van der Waals surface area contributed by atoms with Gasteiger partial charge in [-0.25, -0.2) is 21.6 Å². The number of fused-ring (bicyclic) bond motifs is 2. The lowest BCUT2D eigenvalue weighted by Gasteiger charge is -2.42. The van der Waals surface area contributed by atoms with E-state index in [1.165, 1.54) is 12.1 Å². The summed E-state index contributed by atoms with van der Waals surface area (Å²) >= 11 is 6.23. The number of hydrogen-bond donors (Lipinski definition) is 5. The number of aliphatic hydroxyl groups is 1. The van der Waals surface area contributed by atoms with Crippen LogP contribution in [-0.2, 0) is 19.4 Å². The average molecular weight is 617 g/mol. The third-order valence-corrected chi connectivity index (χ3v) is 10.5. The third-order valence-electron chi connectivity index (χ3n) is 7.86. The summed E-state index contributed by atoms with van der Waals surface area (Å²) in [7, 11) is -4.13. The molecule has 2 aliphatic carbocycles. The van der Waals surface area contributed by atoms with Gasteiger partial charge in [0, 0.05) is 29.9 Å². The first-order chi connectivity index (χ1) is 19.1. The summed E-state index contributed by atoms with van der Waals surface area (Å²) in [5, 5.41) is 15.0. The molecule has 0 saturated heterocycles. The Bertz CT molecular complexity index is 1470. The molecule has 0 radical (unpaired) electrons. The second-order valence-corrected chi connectivity index (χ2v) is 13.1. The number of hydrogen-bond acceptors (Lipinski definition) is 7. The van der Waals surface area contributed by atoms with Crippen LogP contribution in [0.3, 0.4) is 0 Å². The SMILES string of the molecule is NC(=O)CC(N)C(=O)NC[C@]1(O)C2CCC1C[C@@H](S(=O)(=O)c1cc(C(=O)Nc3cc(F)c(F)c(F)c3)ccc1Cl)C2. The summed E-state index contributed by atoms with van der Waals surface area (Å²) in [5.74, 6) is -8.03. The van der Waals surface area contributed by atoms with Crippen LogP contribution >= 0.6 is 11.6 Å². The van der Waals surface area contributed by atoms with Crippen molar-refractivity contribution >= 4 is 44.8 Å². The van der Waals surface area contributed by atoms with Crippen LogP contribution < -0.4 is 22.1 Å². The Balaban J connectivity index is 1.50. The first-order valence-corrected chi connectivity index (χ1v) is 14.6. The number of rotatable bonds is 9. The predicted octanol–water partition coefficient (Wildman–Crippen LogP) is 2.02. The lowest BCUT2D eigenvalue weighted by molar-refractivity contribution is -0.128. The van der Waals surface area contributed by atoms with Crippen LogP contribution in [-0.4, -0.2) is 54.7 Å². The molecule has 2 aromatic carbocycles. The van der Waals surface area contributed by atoms with Gasteiger partial charge in [-0.05, 0) is 55.7 Å². The first-order valence-electron chi connectivity index (χ1n) is 12.7. The van der Waals surface area contributed by atoms with Crippen molar-refractivity contribution in [1.29, 1.82) is 0 Å². The highest BCUT2D eigenvalue weighted by molar-refractivity contribution is 7.92. The smallest absolute Gasteiger partial charge is 0.255 e. The third kappa shape index (κ3) is 6.20. The van der Waals surface area contributed by atoms with Crippen LogP contribution in [0, 0.1) is 29.3 Å². The standard InChI is InChI=1S/C26H28ClF3N4O6S/c27-17-4-1-12(24(36)34-15-8-18(28)23(30)19(29)9-15)5-21(17)41(39,40)16-6-13-2-3-14(7-16)26(13,38)11-33-25(37)20(31)10-22(32)35/h1,4-5,8-9,13-14,16,20,38H,2-3,6-7,10-11,31H2,(H2,32,35)(H,33,37)(H,34,36)/t13?,14?,16-,20?,26-. The van der Waals surface area contributed by atoms with Gasteiger partial charge in [-0.3, -0.25) is 14.4 Å². The molecule has 10 nitrogen and oxygen atoms in total. The normalized spacial score (nSPS) is 24.5. The minimum absolute atomic E-state index is 0.0550. The van der Waals surface area contributed by atoms with Gasteiger partial charge in [0.25, 0.3) is 5.91 Å². The van der Waals surface area contributed by atoms with Crippen molar-refractivity contribution in [2.75, 3.05) is 11.9 Å². The number of sulfone groups is 1. The minimum atomic E-state index is -4.13. The molecule has 0 spiro atoms. The van der Waals surface area contributed by atoms with Crippen LogP contribution in [0.15, 0.2) is 35.2 Å². The van der Waals surface area contributed by atoms with Gasteiger partial charge in [0.2, 0.25) is 11.8 Å². The van der Waals surface area contributed by atoms with Crippen LogP contribution in [0.25, 0.3) is 0 Å². The molecule has 15 heteroatoms. The molecule has 0 aliphatic heterocycles. The number of nitrogens with two attached hydrogens (primary N) is 2. The summed E-state index contributed by atoms with van der Waals surface area (Å²) in [6, 6.07) is 3.45. The maximum Gasteiger partial charge on any atom is 0.255 e. The second kappa shape index (κ2) is 11.6. The van der Waals surface area contributed by atoms with E-state index in [1.807, 2.05) is 0 Å². The van der Waals surface area contributed by atoms with E-state index in [1.54, 1.807) is 0 Å². The molecule has 2 aliphatic rings. The van der Waals surface area contributed by atoms with Crippen LogP contribution in [0.5, 0.6) is 0 Å². The molecule has 2 fully saturated rings. The van der Waals surface area contributed by atoms with Crippen molar-refractivity contribution < 1.29 is 41.1 Å². The zero-order valence-electron chi connectivity index (χ0n) is 21.5. The van der Waals surface area contributed by atoms with E-state index in [2.05, 4.69) is 10.6 Å². The highest BCUT2D eigenvalue weighted by Crippen LogP contribution is 2.52. The molecule has 2 bridgehead atoms. The van der Waals surface area contributed by atoms with E-state index in [4.69, 9.17) is 23.1 Å². The van der Waals surface area contributed by atoms with Crippen molar-refractivity contribution in [3.63, 3.8) is 0 Å². The van der Waals surface area contributed by atoms with Crippen molar-refractivity contribution in [3.05, 3.63) is 58.4 Å². The van der Waals surface area contributed by atoms with Gasteiger partial charge in [0.1, 0.15) is 0 Å². The number of benzene rings is 2. The number of primary amides is 1. The molecule has 2 saturated carbocycles. The van der Waals surface area contributed by atoms with E-state index >= 15 is 0 Å². The van der Waals surface area contributed by atoms with Crippen LogP contribution in [0.1, 0.15) is 42.5 Å². The molecule has 3 atom stereocenters. The Morgan fingerprint density at radius 1 is 1.07 bits per heavy atom. The fraction of sp³-hybridized carbons (Fsp3) is 0.423. The average Bonchev–Trinajstić information content (AvgIpc) is 3.05. The van der Waals surface area contributed by atoms with E-state index in [0.29, 0.717) is 25.0 Å². The fourth-order valence-electron chi connectivity index (χ4n) is 5.69. The van der Waals surface area contributed by atoms with Gasteiger partial charge in [0.05, 0.1) is 33.2 Å². The van der Waals surface area contributed by atoms with Crippen LogP contribution in [0.4, 0.5) is 18.9 Å². The van der Waals surface area contributed by atoms with Gasteiger partial charge in [-0.1, -0.05) is 11.6 Å². The van der Waals surface area contributed by atoms with Crippen LogP contribution in [0.2, 0.25) is 5.02 Å². The molecule has 2 aromatic rings. The molecule has 3 amide bonds. The maximum absolute atomic E-state index is 13.7. The zero-order chi connectivity index (χ0) is 30.3. The van der Waals surface area contributed by atoms with Gasteiger partial charge in [0.15, 0.2) is 27.3 Å². The minimum Gasteiger partial charge on any atom is -0.387 e. The number of anilines is 1. The van der Waals surface area contributed by atoms with Crippen molar-refractivity contribution in [2.45, 2.75) is 53.9 Å². The molecule has 0 aromatic heterocycles. The monoisotopic (exact) mass is 616 g/mol. The molecule has 41 heavy (non-hydrogen) atoms. The summed E-state index contributed by atoms with van der Waals surface area (Å²) in [5.41, 5.74) is 8.77. The number of carbonyl (C=O) groups is 3. The lowest BCUT2D eigenvalue weighted by Crippen LogP contribution is -2.56. The topological polar surface area (TPSA) is 182 Å². The highest BCUT2D eigenvalue weighted by Gasteiger charge is 2.55. The Labute approximate surface area is 238 Å². The van der Waals surface area contributed by atoms with Gasteiger partial charge in [-0.15, -0.1) is 0 Å². The Hall–Kier alpha value is -3.20. The van der Waals surface area contributed by atoms with Gasteiger partial charge in [-0.2, -0.15) is 0 Å². The molecule has 222 valence electrons. The largest absolute Gasteiger partial charge is 0.387 e. The Morgan fingerprint density at radius 3 is 2.22 bits per heavy atom. The van der Waals surface area contributed by atoms with E-state index < -0.39 is 73.7 Å². The summed E-state index contributed by atoms with van der Waals surface area (Å²) < 4.78 is 67.7. The quantitative estimate of drug-likeness (QED) is 0.267. The Kier molecular flexibility index (Phi) is 8.69. The highest BCUT2D eigenvalue weighted by atomic mass is 35.5. The van der Waals surface area contributed by atoms with E-state index in [0.717, 1.165) is 6.07 Å². The van der Waals surface area contributed by atoms with Crippen molar-refractivity contribution in [2.24, 2.45) is 23.3 Å². The molecular weight excluding hydrogens is 589 g/mol. The van der Waals surface area contributed by atoms with Gasteiger partial charge < -0.3 is 27.2 Å². The lowest BCUT2D eigenvalue weighted by atomic mass is 9.74.